The lowest BCUT2D eigenvalue weighted by molar-refractivity contribution is -0.116. The summed E-state index contributed by atoms with van der Waals surface area (Å²) in [6.07, 6.45) is 0.829. The van der Waals surface area contributed by atoms with E-state index in [-0.39, 0.29) is 17.9 Å². The summed E-state index contributed by atoms with van der Waals surface area (Å²) < 4.78 is 5.68. The van der Waals surface area contributed by atoms with Crippen LogP contribution in [0.15, 0.2) is 42.5 Å². The van der Waals surface area contributed by atoms with Gasteiger partial charge in [0.2, 0.25) is 5.91 Å². The van der Waals surface area contributed by atoms with Crippen LogP contribution in [0.5, 0.6) is 5.75 Å². The molecule has 2 aliphatic heterocycles. The van der Waals surface area contributed by atoms with Gasteiger partial charge in [0.15, 0.2) is 0 Å². The summed E-state index contributed by atoms with van der Waals surface area (Å²) in [6.45, 7) is 4.71. The Kier molecular flexibility index (Phi) is 5.06. The molecule has 2 aromatic rings. The highest BCUT2D eigenvalue weighted by Gasteiger charge is 2.25. The summed E-state index contributed by atoms with van der Waals surface area (Å²) >= 11 is 0. The minimum Gasteiger partial charge on any atom is -0.490 e. The third-order valence-corrected chi connectivity index (χ3v) is 5.04. The van der Waals surface area contributed by atoms with Gasteiger partial charge in [-0.25, -0.2) is 0 Å². The van der Waals surface area contributed by atoms with Crippen molar-refractivity contribution in [2.75, 3.05) is 41.8 Å². The molecular weight excluding hydrogens is 356 g/mol. The topological polar surface area (TPSA) is 82.7 Å². The second-order valence-electron chi connectivity index (χ2n) is 7.00. The van der Waals surface area contributed by atoms with Crippen LogP contribution in [0.25, 0.3) is 0 Å². The molecule has 0 fully saturated rings. The van der Waals surface area contributed by atoms with Gasteiger partial charge in [-0.15, -0.1) is 0 Å². The van der Waals surface area contributed by atoms with Crippen molar-refractivity contribution in [2.45, 2.75) is 19.4 Å². The Hall–Kier alpha value is -3.22. The number of carbonyl (C=O) groups excluding carboxylic acids is 2. The van der Waals surface area contributed by atoms with E-state index < -0.39 is 0 Å². The predicted molar refractivity (Wildman–Crippen MR) is 109 cm³/mol. The van der Waals surface area contributed by atoms with E-state index in [4.69, 9.17) is 4.74 Å². The van der Waals surface area contributed by atoms with Crippen molar-refractivity contribution in [3.8, 4) is 5.75 Å². The van der Waals surface area contributed by atoms with Crippen LogP contribution in [0.2, 0.25) is 0 Å². The van der Waals surface area contributed by atoms with Crippen molar-refractivity contribution in [1.29, 1.82) is 0 Å². The van der Waals surface area contributed by atoms with Crippen molar-refractivity contribution in [3.05, 3.63) is 48.0 Å². The van der Waals surface area contributed by atoms with Crippen LogP contribution in [0.3, 0.4) is 0 Å². The summed E-state index contributed by atoms with van der Waals surface area (Å²) in [7, 11) is 0. The van der Waals surface area contributed by atoms with E-state index in [2.05, 4.69) is 26.9 Å². The van der Waals surface area contributed by atoms with Gasteiger partial charge in [-0.2, -0.15) is 0 Å². The fraction of sp³-hybridized carbons (Fsp3) is 0.333. The van der Waals surface area contributed by atoms with Gasteiger partial charge >= 0.3 is 0 Å². The smallest absolute Gasteiger partial charge is 0.253 e. The lowest BCUT2D eigenvalue weighted by Gasteiger charge is -2.31. The van der Waals surface area contributed by atoms with E-state index in [0.29, 0.717) is 30.1 Å². The van der Waals surface area contributed by atoms with E-state index in [1.54, 1.807) is 25.1 Å². The third kappa shape index (κ3) is 3.60. The number of benzene rings is 2. The quantitative estimate of drug-likeness (QED) is 0.694. The first-order valence-corrected chi connectivity index (χ1v) is 9.59. The van der Waals surface area contributed by atoms with E-state index >= 15 is 0 Å². The third-order valence-electron chi connectivity index (χ3n) is 5.04. The average Bonchev–Trinajstić information content (AvgIpc) is 2.71. The highest BCUT2D eigenvalue weighted by atomic mass is 16.5. The molecule has 0 saturated heterocycles. The molecule has 7 nitrogen and oxygen atoms in total. The van der Waals surface area contributed by atoms with Crippen molar-refractivity contribution >= 4 is 28.9 Å². The van der Waals surface area contributed by atoms with Crippen LogP contribution in [0, 0.1) is 0 Å². The second-order valence-corrected chi connectivity index (χ2v) is 7.00. The molecule has 0 aromatic heterocycles. The number of carbonyl (C=O) groups is 2. The zero-order valence-corrected chi connectivity index (χ0v) is 15.8. The Morgan fingerprint density at radius 2 is 2.11 bits per heavy atom. The number of ether oxygens (including phenoxy) is 1. The minimum atomic E-state index is -0.372. The van der Waals surface area contributed by atoms with Crippen LogP contribution in [0.4, 0.5) is 17.1 Å². The Morgan fingerprint density at radius 3 is 3.00 bits per heavy atom. The molecule has 2 aromatic carbocycles. The monoisotopic (exact) mass is 380 g/mol. The maximum atomic E-state index is 12.7. The summed E-state index contributed by atoms with van der Waals surface area (Å²) in [5.74, 6) is 0.668. The Balaban J connectivity index is 1.34. The van der Waals surface area contributed by atoms with Gasteiger partial charge < -0.3 is 25.6 Å². The standard InChI is InChI=1S/C21H24N4O3/c1-14-20(26)24-16-7-4-6-15(19(16)23-14)21(27)22-10-5-11-25-12-13-28-18-9-3-2-8-17(18)25/h2-4,6-9,14,23H,5,10-13H2,1H3,(H,22,27)(H,24,26). The molecule has 2 heterocycles. The number of fused-ring (bicyclic) bond motifs is 2. The molecule has 0 bridgehead atoms. The van der Waals surface area contributed by atoms with Crippen molar-refractivity contribution in [3.63, 3.8) is 0 Å². The molecule has 1 atom stereocenters. The maximum absolute atomic E-state index is 12.7. The van der Waals surface area contributed by atoms with Gasteiger partial charge in [0, 0.05) is 13.1 Å². The average molecular weight is 380 g/mol. The fourth-order valence-corrected chi connectivity index (χ4v) is 3.55. The molecule has 0 spiro atoms. The van der Waals surface area contributed by atoms with E-state index in [1.165, 1.54) is 0 Å². The van der Waals surface area contributed by atoms with Gasteiger partial charge in [0.05, 0.1) is 29.2 Å². The second kappa shape index (κ2) is 7.80. The minimum absolute atomic E-state index is 0.101. The first-order chi connectivity index (χ1) is 13.6. The summed E-state index contributed by atoms with van der Waals surface area (Å²) in [4.78, 5) is 26.7. The predicted octanol–water partition coefficient (Wildman–Crippen LogP) is 2.46. The normalized spacial score (nSPS) is 17.5. The summed E-state index contributed by atoms with van der Waals surface area (Å²) in [6, 6.07) is 13.0. The molecule has 28 heavy (non-hydrogen) atoms. The molecule has 2 aliphatic rings. The molecule has 1 unspecified atom stereocenters. The highest BCUT2D eigenvalue weighted by molar-refractivity contribution is 6.09. The molecule has 4 rings (SSSR count). The molecule has 0 saturated carbocycles. The molecule has 0 aliphatic carbocycles. The number of nitrogens with one attached hydrogen (secondary N) is 3. The van der Waals surface area contributed by atoms with Crippen molar-refractivity contribution < 1.29 is 14.3 Å². The Labute approximate surface area is 164 Å². The zero-order chi connectivity index (χ0) is 19.5. The van der Waals surface area contributed by atoms with Crippen LogP contribution in [0.1, 0.15) is 23.7 Å². The fourth-order valence-electron chi connectivity index (χ4n) is 3.55. The van der Waals surface area contributed by atoms with Crippen molar-refractivity contribution in [2.24, 2.45) is 0 Å². The summed E-state index contributed by atoms with van der Waals surface area (Å²) in [5, 5.41) is 8.93. The Morgan fingerprint density at radius 1 is 1.25 bits per heavy atom. The molecule has 3 N–H and O–H groups in total. The first kappa shape index (κ1) is 18.2. The number of para-hydroxylation sites is 3. The molecular formula is C21H24N4O3. The number of anilines is 3. The van der Waals surface area contributed by atoms with Gasteiger partial charge in [-0.1, -0.05) is 18.2 Å². The lowest BCUT2D eigenvalue weighted by atomic mass is 10.1. The number of amides is 2. The van der Waals surface area contributed by atoms with Gasteiger partial charge in [-0.05, 0) is 37.6 Å². The van der Waals surface area contributed by atoms with Gasteiger partial charge in [0.25, 0.3) is 5.91 Å². The van der Waals surface area contributed by atoms with Crippen LogP contribution < -0.4 is 25.6 Å². The van der Waals surface area contributed by atoms with Gasteiger partial charge in [0.1, 0.15) is 18.4 Å². The summed E-state index contributed by atoms with van der Waals surface area (Å²) in [5.41, 5.74) is 2.96. The SMILES string of the molecule is CC1Nc2c(cccc2C(=O)NCCCN2CCOc3ccccc32)NC1=O. The number of hydrogen-bond donors (Lipinski definition) is 3. The van der Waals surface area contributed by atoms with Crippen LogP contribution >= 0.6 is 0 Å². The Bertz CT molecular complexity index is 899. The molecule has 146 valence electrons. The van der Waals surface area contributed by atoms with E-state index in [9.17, 15) is 9.59 Å². The largest absolute Gasteiger partial charge is 0.490 e. The molecule has 0 radical (unpaired) electrons. The number of hydrogen-bond acceptors (Lipinski definition) is 5. The number of nitrogens with zero attached hydrogens (tertiary/aromatic N) is 1. The molecule has 7 heteroatoms. The lowest BCUT2D eigenvalue weighted by Crippen LogP contribution is -2.38. The van der Waals surface area contributed by atoms with Crippen LogP contribution in [-0.4, -0.2) is 44.1 Å². The number of rotatable bonds is 5. The van der Waals surface area contributed by atoms with E-state index in [0.717, 1.165) is 30.9 Å². The maximum Gasteiger partial charge on any atom is 0.253 e. The van der Waals surface area contributed by atoms with Gasteiger partial charge in [-0.3, -0.25) is 9.59 Å². The van der Waals surface area contributed by atoms with Crippen LogP contribution in [-0.2, 0) is 4.79 Å². The highest BCUT2D eigenvalue weighted by Crippen LogP contribution is 2.31. The van der Waals surface area contributed by atoms with Crippen molar-refractivity contribution in [1.82, 2.24) is 5.32 Å². The zero-order valence-electron chi connectivity index (χ0n) is 15.8. The van der Waals surface area contributed by atoms with E-state index in [1.807, 2.05) is 18.2 Å². The molecule has 2 amide bonds. The first-order valence-electron chi connectivity index (χ1n) is 9.59.